The number of rotatable bonds is 14. The first-order valence-corrected chi connectivity index (χ1v) is 12.1. The molecule has 6 unspecified atom stereocenters. The van der Waals surface area contributed by atoms with Crippen molar-refractivity contribution in [3.8, 4) is 5.75 Å². The van der Waals surface area contributed by atoms with E-state index in [1.165, 1.54) is 19.1 Å². The molecule has 0 aromatic heterocycles. The van der Waals surface area contributed by atoms with Gasteiger partial charge in [0.25, 0.3) is 0 Å². The van der Waals surface area contributed by atoms with Gasteiger partial charge in [-0.15, -0.1) is 0 Å². The Morgan fingerprint density at radius 3 is 1.89 bits per heavy atom. The molecule has 202 valence electrons. The summed E-state index contributed by atoms with van der Waals surface area (Å²) in [5.41, 5.74) is 6.60. The molecule has 0 bridgehead atoms. The van der Waals surface area contributed by atoms with E-state index in [0.717, 1.165) is 0 Å². The van der Waals surface area contributed by atoms with E-state index in [-0.39, 0.29) is 30.4 Å². The Labute approximate surface area is 211 Å². The highest BCUT2D eigenvalue weighted by atomic mass is 16.4. The number of carbonyl (C=O) groups is 4. The van der Waals surface area contributed by atoms with E-state index in [0.29, 0.717) is 12.0 Å². The Bertz CT molecular complexity index is 889. The molecule has 1 aromatic carbocycles. The third-order valence-electron chi connectivity index (χ3n) is 5.96. The number of carboxylic acid groups (broad SMARTS) is 1. The summed E-state index contributed by atoms with van der Waals surface area (Å²) in [4.78, 5) is 50.4. The molecule has 6 atom stereocenters. The number of nitrogens with one attached hydrogen (secondary N) is 3. The summed E-state index contributed by atoms with van der Waals surface area (Å²) in [6.07, 6.45) is -0.451. The Morgan fingerprint density at radius 2 is 1.42 bits per heavy atom. The number of hydrogen-bond acceptors (Lipinski definition) is 7. The molecular formula is C25H40N4O7. The maximum Gasteiger partial charge on any atom is 0.328 e. The van der Waals surface area contributed by atoms with Gasteiger partial charge in [0, 0.05) is 6.42 Å². The summed E-state index contributed by atoms with van der Waals surface area (Å²) < 4.78 is 0. The van der Waals surface area contributed by atoms with Crippen LogP contribution in [0.15, 0.2) is 24.3 Å². The Morgan fingerprint density at radius 1 is 0.889 bits per heavy atom. The molecular weight excluding hydrogens is 468 g/mol. The van der Waals surface area contributed by atoms with Gasteiger partial charge >= 0.3 is 5.97 Å². The lowest BCUT2D eigenvalue weighted by molar-refractivity contribution is -0.145. The third-order valence-corrected chi connectivity index (χ3v) is 5.96. The van der Waals surface area contributed by atoms with E-state index < -0.39 is 54.0 Å². The summed E-state index contributed by atoms with van der Waals surface area (Å²) in [6, 6.07) is 1.35. The lowest BCUT2D eigenvalue weighted by atomic mass is 9.97. The van der Waals surface area contributed by atoms with Crippen molar-refractivity contribution in [3.05, 3.63) is 29.8 Å². The second kappa shape index (κ2) is 14.4. The number of amides is 3. The molecule has 8 N–H and O–H groups in total. The van der Waals surface area contributed by atoms with E-state index >= 15 is 0 Å². The van der Waals surface area contributed by atoms with Crippen molar-refractivity contribution in [1.29, 1.82) is 0 Å². The zero-order valence-electron chi connectivity index (χ0n) is 21.5. The fraction of sp³-hybridized carbons (Fsp3) is 0.600. The molecule has 1 aromatic rings. The number of carbonyl (C=O) groups excluding carboxylic acids is 3. The van der Waals surface area contributed by atoms with Crippen LogP contribution in [0.5, 0.6) is 5.75 Å². The lowest BCUT2D eigenvalue weighted by Gasteiger charge is -2.27. The third kappa shape index (κ3) is 9.82. The number of phenolic OH excluding ortho intramolecular Hbond substituents is 1. The second-order valence-electron chi connectivity index (χ2n) is 9.60. The highest BCUT2D eigenvalue weighted by Gasteiger charge is 2.32. The summed E-state index contributed by atoms with van der Waals surface area (Å²) in [5, 5.41) is 36.2. The zero-order chi connectivity index (χ0) is 27.6. The molecule has 0 spiro atoms. The standard InChI is InChI=1S/C25H40N4O7/c1-6-14(4)20(26)24(34)28-18(11-13(2)3)22(32)27-19(12-16-7-9-17(31)10-8-16)23(33)29-21(15(5)30)25(35)36/h7-10,13-15,18-21,30-31H,6,11-12,26H2,1-5H3,(H,27,32)(H,28,34)(H,29,33)(H,35,36). The van der Waals surface area contributed by atoms with Crippen LogP contribution in [0.25, 0.3) is 0 Å². The smallest absolute Gasteiger partial charge is 0.328 e. The molecule has 0 saturated carbocycles. The highest BCUT2D eigenvalue weighted by molar-refractivity contribution is 5.94. The van der Waals surface area contributed by atoms with Gasteiger partial charge in [0.15, 0.2) is 6.04 Å². The largest absolute Gasteiger partial charge is 0.508 e. The van der Waals surface area contributed by atoms with Crippen LogP contribution in [0, 0.1) is 11.8 Å². The molecule has 0 radical (unpaired) electrons. The molecule has 0 heterocycles. The molecule has 11 nitrogen and oxygen atoms in total. The number of hydrogen-bond donors (Lipinski definition) is 7. The van der Waals surface area contributed by atoms with Gasteiger partial charge in [0.1, 0.15) is 17.8 Å². The first-order valence-electron chi connectivity index (χ1n) is 12.1. The predicted octanol–water partition coefficient (Wildman–Crippen LogP) is 0.274. The van der Waals surface area contributed by atoms with Crippen molar-refractivity contribution >= 4 is 23.7 Å². The van der Waals surface area contributed by atoms with Crippen LogP contribution in [0.4, 0.5) is 0 Å². The van der Waals surface area contributed by atoms with Crippen LogP contribution in [-0.4, -0.2) is 69.3 Å². The number of aliphatic carboxylic acids is 1. The fourth-order valence-corrected chi connectivity index (χ4v) is 3.48. The number of benzene rings is 1. The van der Waals surface area contributed by atoms with Crippen molar-refractivity contribution in [1.82, 2.24) is 16.0 Å². The quantitative estimate of drug-likeness (QED) is 0.186. The van der Waals surface area contributed by atoms with E-state index in [1.54, 1.807) is 12.1 Å². The van der Waals surface area contributed by atoms with E-state index in [9.17, 15) is 34.5 Å². The van der Waals surface area contributed by atoms with Gasteiger partial charge in [-0.3, -0.25) is 14.4 Å². The minimum Gasteiger partial charge on any atom is -0.508 e. The van der Waals surface area contributed by atoms with Crippen LogP contribution in [0.2, 0.25) is 0 Å². The average Bonchev–Trinajstić information content (AvgIpc) is 2.80. The van der Waals surface area contributed by atoms with Gasteiger partial charge in [0.2, 0.25) is 17.7 Å². The van der Waals surface area contributed by atoms with Crippen molar-refractivity contribution in [2.75, 3.05) is 0 Å². The number of aliphatic hydroxyl groups is 1. The Hall–Kier alpha value is -3.18. The lowest BCUT2D eigenvalue weighted by Crippen LogP contribution is -2.59. The molecule has 36 heavy (non-hydrogen) atoms. The van der Waals surface area contributed by atoms with Crippen LogP contribution >= 0.6 is 0 Å². The minimum absolute atomic E-state index is 0.0150. The summed E-state index contributed by atoms with van der Waals surface area (Å²) in [5.74, 6) is -3.43. The number of carboxylic acids is 1. The second-order valence-corrected chi connectivity index (χ2v) is 9.60. The molecule has 0 aliphatic rings. The van der Waals surface area contributed by atoms with E-state index in [1.807, 2.05) is 27.7 Å². The predicted molar refractivity (Wildman–Crippen MR) is 134 cm³/mol. The summed E-state index contributed by atoms with van der Waals surface area (Å²) in [6.45, 7) is 8.71. The first-order chi connectivity index (χ1) is 16.8. The number of aromatic hydroxyl groups is 1. The van der Waals surface area contributed by atoms with Crippen LogP contribution in [-0.2, 0) is 25.6 Å². The summed E-state index contributed by atoms with van der Waals surface area (Å²) in [7, 11) is 0. The van der Waals surface area contributed by atoms with Gasteiger partial charge in [-0.2, -0.15) is 0 Å². The van der Waals surface area contributed by atoms with E-state index in [4.69, 9.17) is 5.73 Å². The first kappa shape index (κ1) is 30.9. The number of phenols is 1. The van der Waals surface area contributed by atoms with Crippen molar-refractivity contribution in [2.24, 2.45) is 17.6 Å². The van der Waals surface area contributed by atoms with Crippen molar-refractivity contribution in [3.63, 3.8) is 0 Å². The molecule has 0 saturated heterocycles. The Balaban J connectivity index is 3.17. The molecule has 3 amide bonds. The average molecular weight is 509 g/mol. The Kier molecular flexibility index (Phi) is 12.3. The number of nitrogens with two attached hydrogens (primary N) is 1. The molecule has 11 heteroatoms. The normalized spacial score (nSPS) is 16.2. The van der Waals surface area contributed by atoms with Crippen LogP contribution in [0.3, 0.4) is 0 Å². The minimum atomic E-state index is -1.59. The number of aliphatic hydroxyl groups excluding tert-OH is 1. The van der Waals surface area contributed by atoms with Crippen LogP contribution in [0.1, 0.15) is 53.0 Å². The van der Waals surface area contributed by atoms with Gasteiger partial charge in [-0.25, -0.2) is 4.79 Å². The maximum absolute atomic E-state index is 13.2. The monoisotopic (exact) mass is 508 g/mol. The van der Waals surface area contributed by atoms with E-state index in [2.05, 4.69) is 16.0 Å². The van der Waals surface area contributed by atoms with Crippen molar-refractivity contribution < 1.29 is 34.5 Å². The topological polar surface area (TPSA) is 191 Å². The van der Waals surface area contributed by atoms with Gasteiger partial charge in [-0.1, -0.05) is 46.2 Å². The summed E-state index contributed by atoms with van der Waals surface area (Å²) >= 11 is 0. The van der Waals surface area contributed by atoms with Gasteiger partial charge < -0.3 is 37.0 Å². The molecule has 0 aliphatic heterocycles. The highest BCUT2D eigenvalue weighted by Crippen LogP contribution is 2.13. The molecule has 0 aliphatic carbocycles. The van der Waals surface area contributed by atoms with Gasteiger partial charge in [-0.05, 0) is 42.9 Å². The fourth-order valence-electron chi connectivity index (χ4n) is 3.48. The zero-order valence-corrected chi connectivity index (χ0v) is 21.5. The molecule has 1 rings (SSSR count). The SMILES string of the molecule is CCC(C)C(N)C(=O)NC(CC(C)C)C(=O)NC(Cc1ccc(O)cc1)C(=O)NC(C(=O)O)C(C)O. The van der Waals surface area contributed by atoms with Crippen molar-refractivity contribution in [2.45, 2.75) is 84.2 Å². The molecule has 0 fully saturated rings. The van der Waals surface area contributed by atoms with Gasteiger partial charge in [0.05, 0.1) is 12.1 Å². The van der Waals surface area contributed by atoms with Crippen LogP contribution < -0.4 is 21.7 Å². The maximum atomic E-state index is 13.2.